The third kappa shape index (κ3) is 5.20. The van der Waals surface area contributed by atoms with Gasteiger partial charge in [0.25, 0.3) is 10.0 Å². The molecule has 0 aliphatic rings. The SMILES string of the molecule is COC[C@@H](C)NC(=O)CN(c1ccccc1)S(=O)(=O)c1ccc(Cl)cc1. The molecule has 0 saturated heterocycles. The Morgan fingerprint density at radius 3 is 2.35 bits per heavy atom. The molecular weight excluding hydrogens is 376 g/mol. The number of hydrogen-bond acceptors (Lipinski definition) is 4. The third-order valence-corrected chi connectivity index (χ3v) is 5.60. The van der Waals surface area contributed by atoms with E-state index >= 15 is 0 Å². The van der Waals surface area contributed by atoms with E-state index in [4.69, 9.17) is 16.3 Å². The first-order valence-corrected chi connectivity index (χ1v) is 9.78. The molecule has 0 spiro atoms. The van der Waals surface area contributed by atoms with Crippen LogP contribution in [0.5, 0.6) is 0 Å². The number of nitrogens with one attached hydrogen (secondary N) is 1. The van der Waals surface area contributed by atoms with Crippen molar-refractivity contribution in [1.82, 2.24) is 5.32 Å². The minimum atomic E-state index is -3.93. The Morgan fingerprint density at radius 2 is 1.77 bits per heavy atom. The van der Waals surface area contributed by atoms with Crippen LogP contribution in [-0.2, 0) is 19.6 Å². The summed E-state index contributed by atoms with van der Waals surface area (Å²) in [7, 11) is -2.40. The summed E-state index contributed by atoms with van der Waals surface area (Å²) in [6, 6.07) is 14.1. The highest BCUT2D eigenvalue weighted by atomic mass is 35.5. The summed E-state index contributed by atoms with van der Waals surface area (Å²) in [4.78, 5) is 12.4. The highest BCUT2D eigenvalue weighted by molar-refractivity contribution is 7.92. The van der Waals surface area contributed by atoms with Gasteiger partial charge in [-0.25, -0.2) is 8.42 Å². The Kier molecular flexibility index (Phi) is 7.02. The van der Waals surface area contributed by atoms with Gasteiger partial charge in [-0.2, -0.15) is 0 Å². The fourth-order valence-electron chi connectivity index (χ4n) is 2.39. The van der Waals surface area contributed by atoms with Crippen molar-refractivity contribution in [2.45, 2.75) is 17.9 Å². The fraction of sp³-hybridized carbons (Fsp3) is 0.278. The van der Waals surface area contributed by atoms with E-state index in [1.54, 1.807) is 37.3 Å². The molecule has 2 aromatic rings. The maximum atomic E-state index is 13.1. The number of rotatable bonds is 8. The lowest BCUT2D eigenvalue weighted by Gasteiger charge is -2.25. The van der Waals surface area contributed by atoms with Crippen molar-refractivity contribution in [1.29, 1.82) is 0 Å². The molecule has 0 aromatic heterocycles. The van der Waals surface area contributed by atoms with Crippen LogP contribution in [0.1, 0.15) is 6.92 Å². The van der Waals surface area contributed by atoms with Crippen LogP contribution in [0, 0.1) is 0 Å². The van der Waals surface area contributed by atoms with E-state index in [-0.39, 0.29) is 17.5 Å². The molecule has 140 valence electrons. The zero-order valence-corrected chi connectivity index (χ0v) is 16.1. The number of amides is 1. The number of methoxy groups -OCH3 is 1. The normalized spacial score (nSPS) is 12.4. The molecule has 0 saturated carbocycles. The highest BCUT2D eigenvalue weighted by Gasteiger charge is 2.27. The minimum Gasteiger partial charge on any atom is -0.383 e. The summed E-state index contributed by atoms with van der Waals surface area (Å²) < 4.78 is 32.2. The highest BCUT2D eigenvalue weighted by Crippen LogP contribution is 2.24. The maximum absolute atomic E-state index is 13.1. The molecule has 0 bridgehead atoms. The zero-order chi connectivity index (χ0) is 19.2. The van der Waals surface area contributed by atoms with Gasteiger partial charge in [-0.15, -0.1) is 0 Å². The van der Waals surface area contributed by atoms with E-state index < -0.39 is 15.9 Å². The molecule has 1 atom stereocenters. The molecule has 0 radical (unpaired) electrons. The molecule has 8 heteroatoms. The van der Waals surface area contributed by atoms with Gasteiger partial charge in [-0.1, -0.05) is 29.8 Å². The van der Waals surface area contributed by atoms with Crippen molar-refractivity contribution in [2.75, 3.05) is 24.6 Å². The van der Waals surface area contributed by atoms with Crippen molar-refractivity contribution >= 4 is 33.2 Å². The minimum absolute atomic E-state index is 0.0588. The first-order chi connectivity index (χ1) is 12.3. The van der Waals surface area contributed by atoms with Gasteiger partial charge in [0, 0.05) is 18.2 Å². The first kappa shape index (κ1) is 20.2. The lowest BCUT2D eigenvalue weighted by atomic mass is 10.3. The van der Waals surface area contributed by atoms with Crippen molar-refractivity contribution in [3.05, 3.63) is 59.6 Å². The van der Waals surface area contributed by atoms with E-state index in [9.17, 15) is 13.2 Å². The average Bonchev–Trinajstić information content (AvgIpc) is 2.61. The molecule has 2 rings (SSSR count). The molecular formula is C18H21ClN2O4S. The lowest BCUT2D eigenvalue weighted by Crippen LogP contribution is -2.44. The van der Waals surface area contributed by atoms with Crippen LogP contribution in [0.25, 0.3) is 0 Å². The van der Waals surface area contributed by atoms with Gasteiger partial charge >= 0.3 is 0 Å². The van der Waals surface area contributed by atoms with Crippen LogP contribution in [-0.4, -0.2) is 40.6 Å². The average molecular weight is 397 g/mol. The summed E-state index contributed by atoms with van der Waals surface area (Å²) in [6.07, 6.45) is 0. The number of hydrogen-bond donors (Lipinski definition) is 1. The van der Waals surface area contributed by atoms with Crippen LogP contribution in [0.2, 0.25) is 5.02 Å². The number of nitrogens with zero attached hydrogens (tertiary/aromatic N) is 1. The van der Waals surface area contributed by atoms with E-state index in [2.05, 4.69) is 5.32 Å². The summed E-state index contributed by atoms with van der Waals surface area (Å²) in [5.74, 6) is -0.420. The molecule has 1 amide bonds. The number of halogens is 1. The number of ether oxygens (including phenoxy) is 1. The van der Waals surface area contributed by atoms with Gasteiger partial charge in [0.1, 0.15) is 6.54 Å². The molecule has 0 aliphatic heterocycles. The quantitative estimate of drug-likeness (QED) is 0.744. The van der Waals surface area contributed by atoms with Crippen molar-refractivity contribution < 1.29 is 17.9 Å². The van der Waals surface area contributed by atoms with Crippen LogP contribution >= 0.6 is 11.6 Å². The first-order valence-electron chi connectivity index (χ1n) is 7.96. The predicted octanol–water partition coefficient (Wildman–Crippen LogP) is 2.69. The Bertz CT molecular complexity index is 826. The standard InChI is InChI=1S/C18H21ClN2O4S/c1-14(13-25-2)20-18(22)12-21(16-6-4-3-5-7-16)26(23,24)17-10-8-15(19)9-11-17/h3-11,14H,12-13H2,1-2H3,(H,20,22)/t14-/m1/s1. The van der Waals surface area contributed by atoms with Crippen molar-refractivity contribution in [3.63, 3.8) is 0 Å². The van der Waals surface area contributed by atoms with Gasteiger partial charge in [0.15, 0.2) is 0 Å². The van der Waals surface area contributed by atoms with Crippen molar-refractivity contribution in [3.8, 4) is 0 Å². The molecule has 6 nitrogen and oxygen atoms in total. The molecule has 0 heterocycles. The van der Waals surface area contributed by atoms with Crippen LogP contribution < -0.4 is 9.62 Å². The van der Waals surface area contributed by atoms with E-state index in [1.165, 1.54) is 31.4 Å². The maximum Gasteiger partial charge on any atom is 0.264 e. The Hall–Kier alpha value is -2.09. The predicted molar refractivity (Wildman–Crippen MR) is 102 cm³/mol. The summed E-state index contributed by atoms with van der Waals surface area (Å²) in [5.41, 5.74) is 0.400. The monoisotopic (exact) mass is 396 g/mol. The number of benzene rings is 2. The van der Waals surface area contributed by atoms with Gasteiger partial charge in [0.05, 0.1) is 17.2 Å². The number of anilines is 1. The second-order valence-electron chi connectivity index (χ2n) is 5.73. The summed E-state index contributed by atoms with van der Waals surface area (Å²) in [6.45, 7) is 1.77. The number of carbonyl (C=O) groups excluding carboxylic acids is 1. The van der Waals surface area contributed by atoms with E-state index in [1.807, 2.05) is 0 Å². The molecule has 26 heavy (non-hydrogen) atoms. The zero-order valence-electron chi connectivity index (χ0n) is 14.6. The Morgan fingerprint density at radius 1 is 1.15 bits per heavy atom. The van der Waals surface area contributed by atoms with Crippen molar-refractivity contribution in [2.24, 2.45) is 0 Å². The third-order valence-electron chi connectivity index (χ3n) is 3.56. The molecule has 0 fully saturated rings. The van der Waals surface area contributed by atoms with E-state index in [0.29, 0.717) is 17.3 Å². The smallest absolute Gasteiger partial charge is 0.264 e. The van der Waals surface area contributed by atoms with Gasteiger partial charge < -0.3 is 10.1 Å². The second-order valence-corrected chi connectivity index (χ2v) is 8.02. The number of para-hydroxylation sites is 1. The van der Waals surface area contributed by atoms with Gasteiger partial charge in [-0.05, 0) is 43.3 Å². The fourth-order valence-corrected chi connectivity index (χ4v) is 3.93. The molecule has 0 unspecified atom stereocenters. The van der Waals surface area contributed by atoms with E-state index in [0.717, 1.165) is 4.31 Å². The summed E-state index contributed by atoms with van der Waals surface area (Å²) >= 11 is 5.85. The Labute approximate surface area is 158 Å². The molecule has 2 aromatic carbocycles. The number of sulfonamides is 1. The summed E-state index contributed by atoms with van der Waals surface area (Å²) in [5, 5.41) is 3.15. The van der Waals surface area contributed by atoms with Crippen LogP contribution in [0.15, 0.2) is 59.5 Å². The number of carbonyl (C=O) groups is 1. The lowest BCUT2D eigenvalue weighted by molar-refractivity contribution is -0.120. The van der Waals surface area contributed by atoms with Crippen LogP contribution in [0.4, 0.5) is 5.69 Å². The van der Waals surface area contributed by atoms with Gasteiger partial charge in [0.2, 0.25) is 5.91 Å². The van der Waals surface area contributed by atoms with Gasteiger partial charge in [-0.3, -0.25) is 9.10 Å². The Balaban J connectivity index is 2.33. The molecule has 1 N–H and O–H groups in total. The largest absolute Gasteiger partial charge is 0.383 e. The second kappa shape index (κ2) is 9.02. The molecule has 0 aliphatic carbocycles. The topological polar surface area (TPSA) is 75.7 Å². The van der Waals surface area contributed by atoms with Crippen LogP contribution in [0.3, 0.4) is 0 Å².